The van der Waals surface area contributed by atoms with Gasteiger partial charge in [-0.25, -0.2) is 19.9 Å². The Morgan fingerprint density at radius 1 is 0.854 bits per heavy atom. The first-order valence-corrected chi connectivity index (χ1v) is 12.1. The lowest BCUT2D eigenvalue weighted by atomic mass is 10.2. The number of hydrogen-bond donors (Lipinski definition) is 1. The van der Waals surface area contributed by atoms with Gasteiger partial charge in [0.15, 0.2) is 17.1 Å². The van der Waals surface area contributed by atoms with Gasteiger partial charge in [-0.1, -0.05) is 41.9 Å². The van der Waals surface area contributed by atoms with Crippen molar-refractivity contribution in [1.82, 2.24) is 30.2 Å². The second-order valence-corrected chi connectivity index (χ2v) is 8.59. The highest BCUT2D eigenvalue weighted by Crippen LogP contribution is 2.26. The molecule has 6 rings (SSSR count). The van der Waals surface area contributed by atoms with E-state index in [9.17, 15) is 4.79 Å². The molecule has 5 aromatic heterocycles. The summed E-state index contributed by atoms with van der Waals surface area (Å²) in [6.07, 6.45) is 6.61. The van der Waals surface area contributed by atoms with E-state index in [1.54, 1.807) is 6.92 Å². The molecule has 5 heterocycles. The number of amides is 1. The summed E-state index contributed by atoms with van der Waals surface area (Å²) in [7, 11) is 0. The van der Waals surface area contributed by atoms with Crippen LogP contribution in [0.25, 0.3) is 39.6 Å². The fourth-order valence-corrected chi connectivity index (χ4v) is 3.69. The Kier molecular flexibility index (Phi) is 6.91. The molecule has 6 aromatic rings. The van der Waals surface area contributed by atoms with Gasteiger partial charge in [0.2, 0.25) is 17.7 Å². The van der Waals surface area contributed by atoms with Gasteiger partial charge in [-0.3, -0.25) is 4.79 Å². The molecule has 0 aliphatic carbocycles. The van der Waals surface area contributed by atoms with Crippen LogP contribution in [0.3, 0.4) is 0 Å². The monoisotopic (exact) mass is 553 g/mol. The van der Waals surface area contributed by atoms with E-state index in [0.717, 1.165) is 5.56 Å². The summed E-state index contributed by atoms with van der Waals surface area (Å²) in [5, 5.41) is 2.82. The number of carbonyl (C=O) groups excluding carboxylic acids is 1. The first kappa shape index (κ1) is 25.5. The number of benzene rings is 1. The third-order valence-corrected chi connectivity index (χ3v) is 5.63. The van der Waals surface area contributed by atoms with Crippen molar-refractivity contribution in [3.05, 3.63) is 95.9 Å². The number of nitrogens with one attached hydrogen (secondary N) is 1. The van der Waals surface area contributed by atoms with Gasteiger partial charge in [0, 0.05) is 0 Å². The zero-order valence-electron chi connectivity index (χ0n) is 21.3. The molecular formula is C27H19N7O7. The zero-order valence-corrected chi connectivity index (χ0v) is 21.3. The minimum Gasteiger partial charge on any atom is -0.467 e. The quantitative estimate of drug-likeness (QED) is 0.221. The topological polar surface area (TPSA) is 173 Å². The molecule has 1 atom stereocenters. The van der Waals surface area contributed by atoms with Crippen molar-refractivity contribution in [1.29, 1.82) is 0 Å². The van der Waals surface area contributed by atoms with Crippen molar-refractivity contribution in [2.45, 2.75) is 19.6 Å². The predicted molar refractivity (Wildman–Crippen MR) is 137 cm³/mol. The third-order valence-electron chi connectivity index (χ3n) is 5.63. The zero-order chi connectivity index (χ0) is 28.2. The van der Waals surface area contributed by atoms with E-state index in [4.69, 9.17) is 33.4 Å². The van der Waals surface area contributed by atoms with Crippen LogP contribution in [0.15, 0.2) is 83.7 Å². The average molecular weight is 553 g/mol. The maximum absolute atomic E-state index is 13.2. The fourth-order valence-electron chi connectivity index (χ4n) is 3.69. The van der Waals surface area contributed by atoms with Crippen molar-refractivity contribution >= 4 is 11.9 Å². The average Bonchev–Trinajstić information content (AvgIpc) is 3.82. The van der Waals surface area contributed by atoms with Crippen LogP contribution in [0, 0.1) is 13.5 Å². The van der Waals surface area contributed by atoms with Crippen LogP contribution in [-0.4, -0.2) is 37.4 Å². The molecule has 1 aromatic carbocycles. The van der Waals surface area contributed by atoms with Gasteiger partial charge in [0.1, 0.15) is 37.4 Å². The molecule has 0 spiro atoms. The van der Waals surface area contributed by atoms with Gasteiger partial charge < -0.3 is 37.0 Å². The van der Waals surface area contributed by atoms with Gasteiger partial charge >= 0.3 is 6.01 Å². The third kappa shape index (κ3) is 5.65. The number of nitrogens with zero attached hydrogens (tertiary/aromatic N) is 6. The molecule has 0 fully saturated rings. The molecule has 1 unspecified atom stereocenters. The highest BCUT2D eigenvalue weighted by Gasteiger charge is 2.25. The summed E-state index contributed by atoms with van der Waals surface area (Å²) in [6, 6.07) is 8.67. The van der Waals surface area contributed by atoms with E-state index in [0.29, 0.717) is 18.0 Å². The highest BCUT2D eigenvalue weighted by atomic mass is 16.5. The minimum atomic E-state index is -0.779. The molecule has 0 aliphatic rings. The first-order valence-electron chi connectivity index (χ1n) is 12.1. The molecule has 0 aliphatic heterocycles. The summed E-state index contributed by atoms with van der Waals surface area (Å²) in [6.45, 7) is 9.11. The molecule has 0 saturated heterocycles. The fraction of sp³-hybridized carbons (Fsp3) is 0.148. The highest BCUT2D eigenvalue weighted by molar-refractivity contribution is 5.92. The van der Waals surface area contributed by atoms with E-state index in [-0.39, 0.29) is 53.3 Å². The van der Waals surface area contributed by atoms with Crippen LogP contribution in [0.4, 0.5) is 6.01 Å². The number of carbonyl (C=O) groups is 1. The van der Waals surface area contributed by atoms with Crippen molar-refractivity contribution in [3.63, 3.8) is 0 Å². The lowest BCUT2D eigenvalue weighted by Gasteiger charge is -2.15. The molecule has 204 valence electrons. The number of aromatic nitrogens is 5. The largest absolute Gasteiger partial charge is 0.467 e. The van der Waals surface area contributed by atoms with Crippen LogP contribution >= 0.6 is 0 Å². The van der Waals surface area contributed by atoms with Gasteiger partial charge in [-0.15, -0.1) is 0 Å². The summed E-state index contributed by atoms with van der Waals surface area (Å²) >= 11 is 0. The van der Waals surface area contributed by atoms with Gasteiger partial charge in [-0.05, 0) is 12.5 Å². The van der Waals surface area contributed by atoms with Crippen LogP contribution in [0.5, 0.6) is 0 Å². The van der Waals surface area contributed by atoms with Crippen molar-refractivity contribution in [2.75, 3.05) is 6.61 Å². The number of hydrogen-bond acceptors (Lipinski definition) is 12. The lowest BCUT2D eigenvalue weighted by Crippen LogP contribution is -2.32. The summed E-state index contributed by atoms with van der Waals surface area (Å²) in [5.74, 6) is 0.0420. The molecule has 1 amide bonds. The van der Waals surface area contributed by atoms with Crippen molar-refractivity contribution in [3.8, 4) is 34.8 Å². The summed E-state index contributed by atoms with van der Waals surface area (Å²) < 4.78 is 32.8. The number of rotatable bonds is 10. The standard InChI is InChI=1S/C27H19N7O7/c1-15-8-37-23(29-15)19-12-39-24(32-19)18(10-36-9-16-6-4-3-5-7-16)30-22(35)17-11-38-25(31-17)20-13-40-26(33-20)21-14-41-27(28-2)34-21/h3-8,11-14,18H,9-10H2,1H3,(H,30,35). The van der Waals surface area contributed by atoms with E-state index in [2.05, 4.69) is 35.1 Å². The minimum absolute atomic E-state index is 0.0237. The van der Waals surface area contributed by atoms with Crippen molar-refractivity contribution in [2.24, 2.45) is 0 Å². The normalized spacial score (nSPS) is 11.8. The van der Waals surface area contributed by atoms with E-state index in [1.807, 2.05) is 30.3 Å². The molecule has 0 bridgehead atoms. The van der Waals surface area contributed by atoms with E-state index >= 15 is 0 Å². The number of aryl methyl sites for hydroxylation is 1. The first-order chi connectivity index (χ1) is 20.1. The SMILES string of the molecule is [C-]#[N+]c1nc(-c2nc(-c3nc(C(=O)NC(COCc4ccccc4)c4nc(-c5nc(C)co5)co4)co3)co2)co1. The Hall–Kier alpha value is -5.81. The lowest BCUT2D eigenvalue weighted by molar-refractivity contribution is 0.0751. The second kappa shape index (κ2) is 11.1. The predicted octanol–water partition coefficient (Wildman–Crippen LogP) is 5.17. The van der Waals surface area contributed by atoms with E-state index < -0.39 is 11.9 Å². The van der Waals surface area contributed by atoms with Gasteiger partial charge in [-0.2, -0.15) is 0 Å². The molecule has 41 heavy (non-hydrogen) atoms. The molecule has 0 saturated carbocycles. The molecule has 1 N–H and O–H groups in total. The van der Waals surface area contributed by atoms with Crippen molar-refractivity contribution < 1.29 is 31.6 Å². The van der Waals surface area contributed by atoms with Crippen LogP contribution in [0.2, 0.25) is 0 Å². The smallest absolute Gasteiger partial charge is 0.450 e. The molecular weight excluding hydrogens is 534 g/mol. The summed E-state index contributed by atoms with van der Waals surface area (Å²) in [4.78, 5) is 37.4. The van der Waals surface area contributed by atoms with E-state index in [1.165, 1.54) is 31.3 Å². The maximum Gasteiger partial charge on any atom is 0.450 e. The van der Waals surface area contributed by atoms with Gasteiger partial charge in [0.25, 0.3) is 17.5 Å². The molecule has 0 radical (unpaired) electrons. The number of oxazole rings is 5. The van der Waals surface area contributed by atoms with Crippen LogP contribution in [-0.2, 0) is 11.3 Å². The Balaban J connectivity index is 1.18. The Morgan fingerprint density at radius 3 is 2.32 bits per heavy atom. The summed E-state index contributed by atoms with van der Waals surface area (Å²) in [5.41, 5.74) is 2.45. The molecule has 14 nitrogen and oxygen atoms in total. The molecule has 14 heteroatoms. The Morgan fingerprint density at radius 2 is 1.54 bits per heavy atom. The number of ether oxygens (including phenoxy) is 1. The van der Waals surface area contributed by atoms with Gasteiger partial charge in [0.05, 0.1) is 18.9 Å². The Labute approximate surface area is 230 Å². The second-order valence-electron chi connectivity index (χ2n) is 8.59. The van der Waals surface area contributed by atoms with Crippen LogP contribution < -0.4 is 5.32 Å². The van der Waals surface area contributed by atoms with Crippen LogP contribution in [0.1, 0.15) is 33.7 Å². The Bertz CT molecular complexity index is 1820. The maximum atomic E-state index is 13.2.